The van der Waals surface area contributed by atoms with Crippen molar-refractivity contribution in [3.8, 4) is 11.3 Å². The fourth-order valence-electron chi connectivity index (χ4n) is 2.52. The molecule has 0 atom stereocenters. The standard InChI is InChI=1S/C18H11F6N3O3S/c1-8(28)5-13-25-16(31-27-13)26-15(29)11-7-12(30-14(11)18(22,23)24)9-3-2-4-10(6-9)17(19,20)21/h2-4,6-7H,5H2,1H3,(H,25,26,27,29). The summed E-state index contributed by atoms with van der Waals surface area (Å²) in [7, 11) is 0. The van der Waals surface area contributed by atoms with Gasteiger partial charge in [0.1, 0.15) is 11.5 Å². The maximum atomic E-state index is 13.4. The molecule has 0 aliphatic rings. The fraction of sp³-hybridized carbons (Fsp3) is 0.222. The Morgan fingerprint density at radius 3 is 2.42 bits per heavy atom. The minimum Gasteiger partial charge on any atom is -0.451 e. The predicted octanol–water partition coefficient (Wildman–Crippen LogP) is 5.22. The van der Waals surface area contributed by atoms with E-state index in [1.165, 1.54) is 6.92 Å². The summed E-state index contributed by atoms with van der Waals surface area (Å²) in [5.74, 6) is -3.67. The second-order valence-electron chi connectivity index (χ2n) is 6.28. The molecule has 0 saturated carbocycles. The molecule has 0 radical (unpaired) electrons. The van der Waals surface area contributed by atoms with Crippen LogP contribution < -0.4 is 5.32 Å². The van der Waals surface area contributed by atoms with Crippen LogP contribution >= 0.6 is 11.5 Å². The van der Waals surface area contributed by atoms with E-state index < -0.39 is 40.9 Å². The van der Waals surface area contributed by atoms with Crippen LogP contribution in [0.25, 0.3) is 11.3 Å². The number of halogens is 6. The van der Waals surface area contributed by atoms with Gasteiger partial charge in [0, 0.05) is 17.1 Å². The van der Waals surface area contributed by atoms with Crippen LogP contribution in [-0.2, 0) is 23.6 Å². The van der Waals surface area contributed by atoms with Gasteiger partial charge in [-0.25, -0.2) is 4.98 Å². The van der Waals surface area contributed by atoms with Crippen molar-refractivity contribution < 1.29 is 40.3 Å². The van der Waals surface area contributed by atoms with E-state index in [0.29, 0.717) is 23.7 Å². The van der Waals surface area contributed by atoms with E-state index >= 15 is 0 Å². The van der Waals surface area contributed by atoms with Crippen LogP contribution in [0.2, 0.25) is 0 Å². The number of hydrogen-bond donors (Lipinski definition) is 1. The van der Waals surface area contributed by atoms with Crippen LogP contribution in [-0.4, -0.2) is 21.0 Å². The smallest absolute Gasteiger partial charge is 0.450 e. The van der Waals surface area contributed by atoms with Gasteiger partial charge in [0.2, 0.25) is 10.9 Å². The number of amides is 1. The number of alkyl halides is 6. The van der Waals surface area contributed by atoms with Crippen molar-refractivity contribution in [1.82, 2.24) is 9.36 Å². The van der Waals surface area contributed by atoms with Gasteiger partial charge < -0.3 is 4.42 Å². The Kier molecular flexibility index (Phi) is 5.89. The Labute approximate surface area is 174 Å². The molecule has 31 heavy (non-hydrogen) atoms. The van der Waals surface area contributed by atoms with Crippen molar-refractivity contribution in [3.63, 3.8) is 0 Å². The third-order valence-electron chi connectivity index (χ3n) is 3.80. The number of carbonyl (C=O) groups excluding carboxylic acids is 2. The molecule has 0 spiro atoms. The molecular weight excluding hydrogens is 452 g/mol. The fourth-order valence-corrected chi connectivity index (χ4v) is 3.11. The third kappa shape index (κ3) is 5.29. The van der Waals surface area contributed by atoms with Crippen LogP contribution in [0.5, 0.6) is 0 Å². The highest BCUT2D eigenvalue weighted by molar-refractivity contribution is 7.09. The molecule has 6 nitrogen and oxygen atoms in total. The number of anilines is 1. The maximum absolute atomic E-state index is 13.4. The molecule has 0 bridgehead atoms. The molecule has 2 aromatic heterocycles. The largest absolute Gasteiger partial charge is 0.451 e. The van der Waals surface area contributed by atoms with Gasteiger partial charge >= 0.3 is 12.4 Å². The van der Waals surface area contributed by atoms with E-state index in [1.807, 2.05) is 0 Å². The summed E-state index contributed by atoms with van der Waals surface area (Å²) < 4.78 is 87.4. The summed E-state index contributed by atoms with van der Waals surface area (Å²) in [5, 5.41) is 1.96. The number of ketones is 1. The van der Waals surface area contributed by atoms with E-state index in [9.17, 15) is 35.9 Å². The molecule has 0 unspecified atom stereocenters. The van der Waals surface area contributed by atoms with E-state index in [2.05, 4.69) is 14.7 Å². The molecule has 2 heterocycles. The average Bonchev–Trinajstić information content (AvgIpc) is 3.27. The summed E-state index contributed by atoms with van der Waals surface area (Å²) in [5.41, 5.74) is -2.32. The van der Waals surface area contributed by atoms with Crippen molar-refractivity contribution >= 4 is 28.4 Å². The van der Waals surface area contributed by atoms with E-state index in [-0.39, 0.29) is 28.7 Å². The number of rotatable bonds is 5. The van der Waals surface area contributed by atoms with Crippen LogP contribution in [0.1, 0.15) is 34.4 Å². The minimum absolute atomic E-state index is 0.0840. The molecule has 0 aliphatic heterocycles. The molecule has 3 aromatic rings. The maximum Gasteiger partial charge on any atom is 0.450 e. The van der Waals surface area contributed by atoms with E-state index in [0.717, 1.165) is 18.2 Å². The van der Waals surface area contributed by atoms with Gasteiger partial charge in [-0.05, 0) is 25.1 Å². The molecule has 1 amide bonds. The lowest BCUT2D eigenvalue weighted by Crippen LogP contribution is -2.16. The lowest BCUT2D eigenvalue weighted by atomic mass is 10.1. The number of benzene rings is 1. The zero-order valence-corrected chi connectivity index (χ0v) is 16.2. The quantitative estimate of drug-likeness (QED) is 0.525. The Balaban J connectivity index is 1.95. The molecule has 13 heteroatoms. The van der Waals surface area contributed by atoms with Gasteiger partial charge in [-0.15, -0.1) is 0 Å². The molecule has 164 valence electrons. The molecule has 3 rings (SSSR count). The summed E-state index contributed by atoms with van der Waals surface area (Å²) in [4.78, 5) is 27.3. The normalized spacial score (nSPS) is 12.1. The van der Waals surface area contributed by atoms with E-state index in [1.54, 1.807) is 0 Å². The molecule has 0 saturated heterocycles. The van der Waals surface area contributed by atoms with Crippen molar-refractivity contribution in [3.05, 3.63) is 53.0 Å². The number of aromatic nitrogens is 2. The second-order valence-corrected chi connectivity index (χ2v) is 7.03. The highest BCUT2D eigenvalue weighted by Crippen LogP contribution is 2.39. The van der Waals surface area contributed by atoms with Crippen LogP contribution in [0.3, 0.4) is 0 Å². The Morgan fingerprint density at radius 1 is 1.10 bits per heavy atom. The number of hydrogen-bond acceptors (Lipinski definition) is 6. The van der Waals surface area contributed by atoms with Gasteiger partial charge in [0.25, 0.3) is 5.91 Å². The van der Waals surface area contributed by atoms with Crippen LogP contribution in [0.4, 0.5) is 31.5 Å². The number of Topliss-reactive ketones (excluding diaryl/α,β-unsaturated/α-hetero) is 1. The van der Waals surface area contributed by atoms with Crippen LogP contribution in [0.15, 0.2) is 34.7 Å². The first kappa shape index (κ1) is 22.5. The summed E-state index contributed by atoms with van der Waals surface area (Å²) >= 11 is 0.654. The van der Waals surface area contributed by atoms with Gasteiger partial charge in [-0.2, -0.15) is 30.7 Å². The number of nitrogens with zero attached hydrogens (tertiary/aromatic N) is 2. The lowest BCUT2D eigenvalue weighted by Gasteiger charge is -2.07. The monoisotopic (exact) mass is 463 g/mol. The number of nitrogens with one attached hydrogen (secondary N) is 1. The highest BCUT2D eigenvalue weighted by Gasteiger charge is 2.41. The number of carbonyl (C=O) groups is 2. The first-order valence-electron chi connectivity index (χ1n) is 8.36. The van der Waals surface area contributed by atoms with Crippen molar-refractivity contribution in [1.29, 1.82) is 0 Å². The third-order valence-corrected chi connectivity index (χ3v) is 4.47. The topological polar surface area (TPSA) is 85.1 Å². The Morgan fingerprint density at radius 2 is 1.81 bits per heavy atom. The molecular formula is C18H11F6N3O3S. The Bertz CT molecular complexity index is 1130. The highest BCUT2D eigenvalue weighted by atomic mass is 32.1. The van der Waals surface area contributed by atoms with Crippen molar-refractivity contribution in [2.45, 2.75) is 25.7 Å². The lowest BCUT2D eigenvalue weighted by molar-refractivity contribution is -0.153. The first-order valence-corrected chi connectivity index (χ1v) is 9.14. The molecule has 0 fully saturated rings. The van der Waals surface area contributed by atoms with Gasteiger partial charge in [-0.1, -0.05) is 12.1 Å². The molecule has 1 N–H and O–H groups in total. The minimum atomic E-state index is -5.09. The average molecular weight is 463 g/mol. The van der Waals surface area contributed by atoms with Gasteiger partial charge in [0.05, 0.1) is 17.5 Å². The van der Waals surface area contributed by atoms with Crippen LogP contribution in [0, 0.1) is 0 Å². The molecule has 0 aliphatic carbocycles. The SMILES string of the molecule is CC(=O)Cc1nsc(NC(=O)c2cc(-c3cccc(C(F)(F)F)c3)oc2C(F)(F)F)n1. The number of furan rings is 1. The first-order chi connectivity index (χ1) is 14.3. The zero-order valence-electron chi connectivity index (χ0n) is 15.4. The summed E-state index contributed by atoms with van der Waals surface area (Å²) in [6, 6.07) is 4.18. The zero-order chi connectivity index (χ0) is 23.0. The Hall–Kier alpha value is -3.22. The second kappa shape index (κ2) is 8.13. The van der Waals surface area contributed by atoms with Gasteiger partial charge in [-0.3, -0.25) is 14.9 Å². The summed E-state index contributed by atoms with van der Waals surface area (Å²) in [6.07, 6.45) is -9.93. The van der Waals surface area contributed by atoms with Crippen molar-refractivity contribution in [2.75, 3.05) is 5.32 Å². The predicted molar refractivity (Wildman–Crippen MR) is 96.4 cm³/mol. The van der Waals surface area contributed by atoms with Gasteiger partial charge in [0.15, 0.2) is 5.82 Å². The van der Waals surface area contributed by atoms with E-state index in [4.69, 9.17) is 4.42 Å². The summed E-state index contributed by atoms with van der Waals surface area (Å²) in [6.45, 7) is 1.29. The molecule has 1 aromatic carbocycles. The van der Waals surface area contributed by atoms with Crippen molar-refractivity contribution in [2.24, 2.45) is 0 Å².